The van der Waals surface area contributed by atoms with Gasteiger partial charge in [0.1, 0.15) is 6.33 Å². The fourth-order valence-electron chi connectivity index (χ4n) is 1.32. The lowest BCUT2D eigenvalue weighted by Crippen LogP contribution is -2.02. The number of hydrogen-bond donors (Lipinski definition) is 0. The van der Waals surface area contributed by atoms with E-state index in [1.54, 1.807) is 12.1 Å². The van der Waals surface area contributed by atoms with Crippen molar-refractivity contribution in [2.45, 2.75) is 6.92 Å². The van der Waals surface area contributed by atoms with Gasteiger partial charge >= 0.3 is 0 Å². The molecule has 0 aliphatic heterocycles. The Bertz CT molecular complexity index is 526. The Kier molecular flexibility index (Phi) is 2.97. The summed E-state index contributed by atoms with van der Waals surface area (Å²) in [4.78, 5) is 19.6. The van der Waals surface area contributed by atoms with E-state index in [1.165, 1.54) is 18.7 Å². The van der Waals surface area contributed by atoms with Crippen LogP contribution in [0.1, 0.15) is 21.5 Å². The lowest BCUT2D eigenvalue weighted by atomic mass is 10.0. The quantitative estimate of drug-likeness (QED) is 0.748. The Morgan fingerprint density at radius 3 is 2.50 bits per heavy atom. The Morgan fingerprint density at radius 2 is 1.88 bits per heavy atom. The highest BCUT2D eigenvalue weighted by Crippen LogP contribution is 2.18. The van der Waals surface area contributed by atoms with E-state index in [9.17, 15) is 4.79 Å². The highest BCUT2D eigenvalue weighted by Gasteiger charge is 2.10. The second kappa shape index (κ2) is 4.41. The number of benzene rings is 1. The van der Waals surface area contributed by atoms with E-state index in [2.05, 4.69) is 9.97 Å². The molecule has 1 aromatic heterocycles. The smallest absolute Gasteiger partial charge is 0.196 e. The largest absolute Gasteiger partial charge is 0.288 e. The zero-order valence-corrected chi connectivity index (χ0v) is 9.40. The third-order valence-corrected chi connectivity index (χ3v) is 2.66. The number of carbonyl (C=O) groups is 1. The zero-order chi connectivity index (χ0) is 11.5. The van der Waals surface area contributed by atoms with Crippen LogP contribution in [0, 0.1) is 6.92 Å². The average molecular weight is 233 g/mol. The highest BCUT2D eigenvalue weighted by molar-refractivity contribution is 6.31. The molecule has 0 fully saturated rings. The molecule has 16 heavy (non-hydrogen) atoms. The summed E-state index contributed by atoms with van der Waals surface area (Å²) in [5.74, 6) is -0.123. The fourth-order valence-corrected chi connectivity index (χ4v) is 1.50. The topological polar surface area (TPSA) is 42.9 Å². The van der Waals surface area contributed by atoms with Crippen LogP contribution in [0.5, 0.6) is 0 Å². The van der Waals surface area contributed by atoms with Crippen LogP contribution in [0.2, 0.25) is 5.02 Å². The standard InChI is InChI=1S/C12H9ClN2O/c1-8-2-3-9(4-11(8)13)12(16)10-5-14-7-15-6-10/h2-7H,1H3. The molecule has 1 aromatic carbocycles. The number of aryl methyl sites for hydroxylation is 1. The second-order valence-corrected chi connectivity index (χ2v) is 3.83. The van der Waals surface area contributed by atoms with Crippen LogP contribution in [0.4, 0.5) is 0 Å². The Hall–Kier alpha value is -1.74. The van der Waals surface area contributed by atoms with Gasteiger partial charge in [-0.3, -0.25) is 4.79 Å². The van der Waals surface area contributed by atoms with Gasteiger partial charge in [0, 0.05) is 23.0 Å². The molecule has 0 unspecified atom stereocenters. The highest BCUT2D eigenvalue weighted by atomic mass is 35.5. The summed E-state index contributed by atoms with van der Waals surface area (Å²) < 4.78 is 0. The van der Waals surface area contributed by atoms with E-state index >= 15 is 0 Å². The molecule has 0 N–H and O–H groups in total. The van der Waals surface area contributed by atoms with Crippen molar-refractivity contribution < 1.29 is 4.79 Å². The molecule has 0 bridgehead atoms. The van der Waals surface area contributed by atoms with Gasteiger partial charge < -0.3 is 0 Å². The van der Waals surface area contributed by atoms with E-state index in [-0.39, 0.29) is 5.78 Å². The Balaban J connectivity index is 2.39. The maximum Gasteiger partial charge on any atom is 0.196 e. The number of ketones is 1. The van der Waals surface area contributed by atoms with Gasteiger partial charge in [0.05, 0.1) is 5.56 Å². The molecule has 0 saturated carbocycles. The first-order valence-electron chi connectivity index (χ1n) is 4.74. The second-order valence-electron chi connectivity index (χ2n) is 3.42. The molecule has 0 aliphatic carbocycles. The summed E-state index contributed by atoms with van der Waals surface area (Å²) in [6.07, 6.45) is 4.37. The molecular formula is C12H9ClN2O. The number of carbonyl (C=O) groups excluding carboxylic acids is 1. The Labute approximate surface area is 98.1 Å². The number of aromatic nitrogens is 2. The zero-order valence-electron chi connectivity index (χ0n) is 8.64. The summed E-state index contributed by atoms with van der Waals surface area (Å²) in [6, 6.07) is 5.22. The molecule has 0 atom stereocenters. The lowest BCUT2D eigenvalue weighted by Gasteiger charge is -2.02. The fraction of sp³-hybridized carbons (Fsp3) is 0.0833. The molecule has 2 rings (SSSR count). The summed E-state index contributed by atoms with van der Waals surface area (Å²) >= 11 is 5.96. The van der Waals surface area contributed by atoms with Crippen LogP contribution in [0.3, 0.4) is 0 Å². The van der Waals surface area contributed by atoms with Crippen molar-refractivity contribution in [2.75, 3.05) is 0 Å². The van der Waals surface area contributed by atoms with Gasteiger partial charge in [0.2, 0.25) is 0 Å². The number of nitrogens with zero attached hydrogens (tertiary/aromatic N) is 2. The molecule has 3 nitrogen and oxygen atoms in total. The Morgan fingerprint density at radius 1 is 1.19 bits per heavy atom. The summed E-state index contributed by atoms with van der Waals surface area (Å²) in [7, 11) is 0. The third-order valence-electron chi connectivity index (χ3n) is 2.26. The molecule has 4 heteroatoms. The first kappa shape index (κ1) is 10.8. The number of hydrogen-bond acceptors (Lipinski definition) is 3. The van der Waals surface area contributed by atoms with E-state index < -0.39 is 0 Å². The van der Waals surface area contributed by atoms with Gasteiger partial charge in [-0.1, -0.05) is 23.7 Å². The lowest BCUT2D eigenvalue weighted by molar-refractivity contribution is 0.103. The molecule has 1 heterocycles. The van der Waals surface area contributed by atoms with Gasteiger partial charge in [-0.15, -0.1) is 0 Å². The predicted molar refractivity (Wildman–Crippen MR) is 61.7 cm³/mol. The maximum atomic E-state index is 12.0. The van der Waals surface area contributed by atoms with Crippen molar-refractivity contribution >= 4 is 17.4 Å². The van der Waals surface area contributed by atoms with Gasteiger partial charge in [-0.25, -0.2) is 9.97 Å². The van der Waals surface area contributed by atoms with Crippen LogP contribution in [0.25, 0.3) is 0 Å². The maximum absolute atomic E-state index is 12.0. The van der Waals surface area contributed by atoms with Crippen molar-refractivity contribution in [3.63, 3.8) is 0 Å². The molecule has 80 valence electrons. The molecule has 0 spiro atoms. The monoisotopic (exact) mass is 232 g/mol. The van der Waals surface area contributed by atoms with Crippen LogP contribution in [0.15, 0.2) is 36.9 Å². The third kappa shape index (κ3) is 2.09. The van der Waals surface area contributed by atoms with Gasteiger partial charge in [-0.2, -0.15) is 0 Å². The van der Waals surface area contributed by atoms with E-state index in [1.807, 2.05) is 13.0 Å². The molecule has 0 aliphatic rings. The van der Waals surface area contributed by atoms with Crippen molar-refractivity contribution in [1.82, 2.24) is 9.97 Å². The molecular weight excluding hydrogens is 224 g/mol. The van der Waals surface area contributed by atoms with Gasteiger partial charge in [-0.05, 0) is 18.6 Å². The molecule has 2 aromatic rings. The van der Waals surface area contributed by atoms with E-state index in [4.69, 9.17) is 11.6 Å². The van der Waals surface area contributed by atoms with Crippen LogP contribution < -0.4 is 0 Å². The van der Waals surface area contributed by atoms with Crippen molar-refractivity contribution in [3.8, 4) is 0 Å². The summed E-state index contributed by atoms with van der Waals surface area (Å²) in [6.45, 7) is 1.89. The summed E-state index contributed by atoms with van der Waals surface area (Å²) in [5.41, 5.74) is 1.95. The van der Waals surface area contributed by atoms with Crippen molar-refractivity contribution in [2.24, 2.45) is 0 Å². The normalized spacial score (nSPS) is 10.1. The minimum absolute atomic E-state index is 0.123. The number of halogens is 1. The van der Waals surface area contributed by atoms with Gasteiger partial charge in [0.15, 0.2) is 5.78 Å². The van der Waals surface area contributed by atoms with E-state index in [0.717, 1.165) is 5.56 Å². The van der Waals surface area contributed by atoms with E-state index in [0.29, 0.717) is 16.1 Å². The average Bonchev–Trinajstić information content (AvgIpc) is 2.33. The van der Waals surface area contributed by atoms with Crippen molar-refractivity contribution in [1.29, 1.82) is 0 Å². The van der Waals surface area contributed by atoms with Gasteiger partial charge in [0.25, 0.3) is 0 Å². The van der Waals surface area contributed by atoms with Crippen LogP contribution in [-0.4, -0.2) is 15.8 Å². The van der Waals surface area contributed by atoms with Crippen LogP contribution in [-0.2, 0) is 0 Å². The molecule has 0 amide bonds. The van der Waals surface area contributed by atoms with Crippen molar-refractivity contribution in [3.05, 3.63) is 58.6 Å². The molecule has 0 saturated heterocycles. The van der Waals surface area contributed by atoms with Crippen LogP contribution >= 0.6 is 11.6 Å². The SMILES string of the molecule is Cc1ccc(C(=O)c2cncnc2)cc1Cl. The minimum Gasteiger partial charge on any atom is -0.288 e. The summed E-state index contributed by atoms with van der Waals surface area (Å²) in [5, 5.41) is 0.586. The minimum atomic E-state index is -0.123. The first-order valence-corrected chi connectivity index (χ1v) is 5.12. The first-order chi connectivity index (χ1) is 7.68. The number of rotatable bonds is 2. The molecule has 0 radical (unpaired) electrons. The predicted octanol–water partition coefficient (Wildman–Crippen LogP) is 2.67.